The summed E-state index contributed by atoms with van der Waals surface area (Å²) in [5.41, 5.74) is 1.54. The first-order valence-corrected chi connectivity index (χ1v) is 11.1. The molecule has 1 heterocycles. The lowest BCUT2D eigenvalue weighted by Crippen LogP contribution is -2.40. The number of carbonyl (C=O) groups excluding carboxylic acids is 1. The lowest BCUT2D eigenvalue weighted by atomic mass is 10.2. The van der Waals surface area contributed by atoms with Crippen LogP contribution in [0, 0.1) is 0 Å². The van der Waals surface area contributed by atoms with Gasteiger partial charge in [0.1, 0.15) is 5.52 Å². The molecule has 27 heavy (non-hydrogen) atoms. The number of hydrogen-bond acceptors (Lipinski definition) is 5. The molecule has 0 aliphatic heterocycles. The molecule has 142 valence electrons. The Bertz CT molecular complexity index is 1070. The third-order valence-corrected chi connectivity index (χ3v) is 6.61. The van der Waals surface area contributed by atoms with Crippen LogP contribution in [0.5, 0.6) is 0 Å². The summed E-state index contributed by atoms with van der Waals surface area (Å²) in [6.07, 6.45) is 1.07. The number of aromatic nitrogens is 1. The lowest BCUT2D eigenvalue weighted by Gasteiger charge is -2.22. The molecule has 0 atom stereocenters. The molecule has 0 aliphatic carbocycles. The van der Waals surface area contributed by atoms with Crippen LogP contribution in [0.1, 0.15) is 5.56 Å². The topological polar surface area (TPSA) is 70.6 Å². The van der Waals surface area contributed by atoms with Gasteiger partial charge < -0.3 is 0 Å². The van der Waals surface area contributed by atoms with Gasteiger partial charge in [-0.15, -0.1) is 0 Å². The van der Waals surface area contributed by atoms with E-state index in [-0.39, 0.29) is 19.0 Å². The maximum atomic E-state index is 12.9. The molecule has 3 rings (SSSR count). The van der Waals surface area contributed by atoms with Gasteiger partial charge in [-0.05, 0) is 17.7 Å². The highest BCUT2D eigenvalue weighted by atomic mass is 35.5. The van der Waals surface area contributed by atoms with Gasteiger partial charge >= 0.3 is 0 Å². The number of para-hydroxylation sites is 1. The van der Waals surface area contributed by atoms with E-state index in [0.29, 0.717) is 15.7 Å². The van der Waals surface area contributed by atoms with Crippen LogP contribution in [0.25, 0.3) is 10.2 Å². The molecule has 1 aromatic heterocycles. The number of benzene rings is 2. The minimum Gasteiger partial charge on any atom is -0.282 e. The Kier molecular flexibility index (Phi) is 5.81. The Morgan fingerprint density at radius 3 is 2.48 bits per heavy atom. The van der Waals surface area contributed by atoms with Crippen molar-refractivity contribution < 1.29 is 13.2 Å². The SMILES string of the molecule is CN(CC(=O)N(Cc1ccccc1)c1nc2c(Cl)cccc2s1)S(C)(=O)=O. The summed E-state index contributed by atoms with van der Waals surface area (Å²) in [5.74, 6) is -0.359. The van der Waals surface area contributed by atoms with E-state index in [9.17, 15) is 13.2 Å². The number of halogens is 1. The summed E-state index contributed by atoms with van der Waals surface area (Å²) in [6.45, 7) is 0.0179. The molecular weight excluding hydrogens is 406 g/mol. The van der Waals surface area contributed by atoms with Gasteiger partial charge in [-0.25, -0.2) is 13.4 Å². The number of nitrogens with zero attached hydrogens (tertiary/aromatic N) is 3. The minimum absolute atomic E-state index is 0.269. The Balaban J connectivity index is 1.98. The van der Waals surface area contributed by atoms with E-state index in [1.54, 1.807) is 6.07 Å². The Morgan fingerprint density at radius 2 is 1.85 bits per heavy atom. The molecule has 2 aromatic carbocycles. The van der Waals surface area contributed by atoms with Crippen LogP contribution in [-0.4, -0.2) is 43.5 Å². The number of hydrogen-bond donors (Lipinski definition) is 0. The van der Waals surface area contributed by atoms with Crippen molar-refractivity contribution in [2.75, 3.05) is 24.7 Å². The van der Waals surface area contributed by atoms with Crippen LogP contribution in [0.4, 0.5) is 5.13 Å². The number of anilines is 1. The van der Waals surface area contributed by atoms with Crippen LogP contribution in [0.2, 0.25) is 5.02 Å². The molecule has 6 nitrogen and oxygen atoms in total. The molecule has 0 aliphatic rings. The van der Waals surface area contributed by atoms with Gasteiger partial charge in [0.15, 0.2) is 5.13 Å². The van der Waals surface area contributed by atoms with Crippen molar-refractivity contribution in [1.82, 2.24) is 9.29 Å². The monoisotopic (exact) mass is 423 g/mol. The van der Waals surface area contributed by atoms with Crippen LogP contribution >= 0.6 is 22.9 Å². The number of rotatable bonds is 6. The van der Waals surface area contributed by atoms with Crippen LogP contribution < -0.4 is 4.90 Å². The first kappa shape index (κ1) is 19.8. The van der Waals surface area contributed by atoms with E-state index in [0.717, 1.165) is 20.8 Å². The first-order chi connectivity index (χ1) is 12.8. The average molecular weight is 424 g/mol. The highest BCUT2D eigenvalue weighted by molar-refractivity contribution is 7.88. The van der Waals surface area contributed by atoms with Crippen LogP contribution in [0.3, 0.4) is 0 Å². The summed E-state index contributed by atoms with van der Waals surface area (Å²) in [7, 11) is -2.09. The molecule has 0 radical (unpaired) electrons. The molecular formula is C18H18ClN3O3S2. The third-order valence-electron chi connectivity index (χ3n) is 4.00. The Hall–Kier alpha value is -2.00. The predicted molar refractivity (Wildman–Crippen MR) is 110 cm³/mol. The molecule has 0 unspecified atom stereocenters. The van der Waals surface area contributed by atoms with Crippen LogP contribution in [0.15, 0.2) is 48.5 Å². The molecule has 0 saturated heterocycles. The van der Waals surface area contributed by atoms with Crippen molar-refractivity contribution in [2.45, 2.75) is 6.54 Å². The van der Waals surface area contributed by atoms with Gasteiger partial charge in [0.25, 0.3) is 0 Å². The first-order valence-electron chi connectivity index (χ1n) is 8.06. The fourth-order valence-corrected chi connectivity index (χ4v) is 4.07. The largest absolute Gasteiger partial charge is 0.282 e. The number of fused-ring (bicyclic) bond motifs is 1. The molecule has 0 N–H and O–H groups in total. The molecule has 0 fully saturated rings. The van der Waals surface area contributed by atoms with E-state index in [1.807, 2.05) is 42.5 Å². The van der Waals surface area contributed by atoms with Gasteiger partial charge in [-0.3, -0.25) is 9.69 Å². The maximum absolute atomic E-state index is 12.9. The van der Waals surface area contributed by atoms with Gasteiger partial charge in [0, 0.05) is 7.05 Å². The number of thiazole rings is 1. The quantitative estimate of drug-likeness (QED) is 0.609. The molecule has 9 heteroatoms. The fourth-order valence-electron chi connectivity index (χ4n) is 2.44. The van der Waals surface area contributed by atoms with Crippen molar-refractivity contribution in [3.05, 3.63) is 59.1 Å². The second-order valence-corrected chi connectivity index (χ2v) is 9.57. The summed E-state index contributed by atoms with van der Waals surface area (Å²) < 4.78 is 25.3. The zero-order valence-corrected chi connectivity index (χ0v) is 17.2. The highest BCUT2D eigenvalue weighted by Crippen LogP contribution is 2.33. The smallest absolute Gasteiger partial charge is 0.244 e. The van der Waals surface area contributed by atoms with E-state index < -0.39 is 10.0 Å². The molecule has 0 spiro atoms. The van der Waals surface area contributed by atoms with E-state index in [1.165, 1.54) is 23.3 Å². The maximum Gasteiger partial charge on any atom is 0.244 e. The number of likely N-dealkylation sites (N-methyl/N-ethyl adjacent to an activating group) is 1. The molecule has 1 amide bonds. The summed E-state index contributed by atoms with van der Waals surface area (Å²) in [6, 6.07) is 14.9. The van der Waals surface area contributed by atoms with Gasteiger partial charge in [0.2, 0.25) is 15.9 Å². The van der Waals surface area contributed by atoms with E-state index in [4.69, 9.17) is 11.6 Å². The molecule has 3 aromatic rings. The van der Waals surface area contributed by atoms with E-state index >= 15 is 0 Å². The summed E-state index contributed by atoms with van der Waals surface area (Å²) in [5, 5.41) is 0.990. The minimum atomic E-state index is -3.47. The Labute approximate surface area is 167 Å². The standard InChI is InChI=1S/C18H18ClN3O3S2/c1-21(27(2,24)25)12-16(23)22(11-13-7-4-3-5-8-13)18-20-17-14(19)9-6-10-15(17)26-18/h3-10H,11-12H2,1-2H3. The number of amides is 1. The lowest BCUT2D eigenvalue weighted by molar-refractivity contribution is -0.118. The van der Waals surface area contributed by atoms with Crippen molar-refractivity contribution in [2.24, 2.45) is 0 Å². The molecule has 0 saturated carbocycles. The number of sulfonamides is 1. The predicted octanol–water partition coefficient (Wildman–Crippen LogP) is 3.37. The van der Waals surface area contributed by atoms with E-state index in [2.05, 4.69) is 4.98 Å². The Morgan fingerprint density at radius 1 is 1.15 bits per heavy atom. The van der Waals surface area contributed by atoms with Gasteiger partial charge in [0.05, 0.1) is 29.1 Å². The van der Waals surface area contributed by atoms with Crippen molar-refractivity contribution in [3.63, 3.8) is 0 Å². The molecule has 0 bridgehead atoms. The zero-order chi connectivity index (χ0) is 19.6. The van der Waals surface area contributed by atoms with Crippen molar-refractivity contribution >= 4 is 54.2 Å². The van der Waals surface area contributed by atoms with Gasteiger partial charge in [-0.1, -0.05) is 59.3 Å². The van der Waals surface area contributed by atoms with Crippen LogP contribution in [-0.2, 0) is 21.4 Å². The van der Waals surface area contributed by atoms with Crippen molar-refractivity contribution in [1.29, 1.82) is 0 Å². The second kappa shape index (κ2) is 7.93. The highest BCUT2D eigenvalue weighted by Gasteiger charge is 2.24. The summed E-state index contributed by atoms with van der Waals surface area (Å²) >= 11 is 7.56. The average Bonchev–Trinajstić information content (AvgIpc) is 3.05. The van der Waals surface area contributed by atoms with Gasteiger partial charge in [-0.2, -0.15) is 4.31 Å². The summed E-state index contributed by atoms with van der Waals surface area (Å²) in [4.78, 5) is 18.9. The zero-order valence-electron chi connectivity index (χ0n) is 14.8. The third kappa shape index (κ3) is 4.65. The van der Waals surface area contributed by atoms with Crippen molar-refractivity contribution in [3.8, 4) is 0 Å². The second-order valence-electron chi connectivity index (χ2n) is 6.07. The normalized spacial score (nSPS) is 11.9. The number of carbonyl (C=O) groups is 1. The fraction of sp³-hybridized carbons (Fsp3) is 0.222.